The Morgan fingerprint density at radius 3 is 2.38 bits per heavy atom. The van der Waals surface area contributed by atoms with Gasteiger partial charge in [0.05, 0.1) is 13.7 Å². The average molecular weight is 564 g/mol. The van der Waals surface area contributed by atoms with E-state index < -0.39 is 17.1 Å². The van der Waals surface area contributed by atoms with Crippen LogP contribution in [0.5, 0.6) is 5.75 Å². The number of para-hydroxylation sites is 3. The number of oxazole rings is 1. The molecule has 0 bridgehead atoms. The van der Waals surface area contributed by atoms with Gasteiger partial charge in [-0.25, -0.2) is 4.79 Å². The lowest BCUT2D eigenvalue weighted by Gasteiger charge is -2.41. The van der Waals surface area contributed by atoms with Crippen LogP contribution in [0.3, 0.4) is 0 Å². The van der Waals surface area contributed by atoms with E-state index >= 15 is 0 Å². The first-order valence-electron chi connectivity index (χ1n) is 13.9. The molecule has 1 aromatic heterocycles. The van der Waals surface area contributed by atoms with Gasteiger partial charge in [0, 0.05) is 24.7 Å². The van der Waals surface area contributed by atoms with E-state index in [1.54, 1.807) is 0 Å². The average Bonchev–Trinajstić information content (AvgIpc) is 3.56. The maximum absolute atomic E-state index is 13.7. The van der Waals surface area contributed by atoms with Gasteiger partial charge >= 0.3 is 5.97 Å². The van der Waals surface area contributed by atoms with Gasteiger partial charge in [-0.3, -0.25) is 0 Å². The van der Waals surface area contributed by atoms with Crippen LogP contribution in [-0.4, -0.2) is 48.9 Å². The van der Waals surface area contributed by atoms with Crippen molar-refractivity contribution in [1.82, 2.24) is 4.98 Å². The summed E-state index contributed by atoms with van der Waals surface area (Å²) in [6.45, 7) is 2.93. The van der Waals surface area contributed by atoms with E-state index in [1.807, 2.05) is 116 Å². The molecule has 0 aliphatic carbocycles. The van der Waals surface area contributed by atoms with E-state index in [9.17, 15) is 9.90 Å². The second-order valence-electron chi connectivity index (χ2n) is 10.6. The van der Waals surface area contributed by atoms with Gasteiger partial charge in [0.2, 0.25) is 0 Å². The second kappa shape index (κ2) is 10.9. The number of nitrogens with one attached hydrogen (secondary N) is 1. The number of carbonyl (C=O) groups excluding carboxylic acids is 1. The molecular formula is C34H33N3O5. The Labute approximate surface area is 244 Å². The van der Waals surface area contributed by atoms with Gasteiger partial charge in [-0.15, -0.1) is 0 Å². The van der Waals surface area contributed by atoms with E-state index in [1.165, 1.54) is 7.11 Å². The van der Waals surface area contributed by atoms with Crippen molar-refractivity contribution >= 4 is 28.8 Å². The van der Waals surface area contributed by atoms with Crippen LogP contribution >= 0.6 is 0 Å². The Bertz CT molecular complexity index is 1700. The van der Waals surface area contributed by atoms with Crippen LogP contribution in [0.2, 0.25) is 0 Å². The summed E-state index contributed by atoms with van der Waals surface area (Å²) >= 11 is 0. The Morgan fingerprint density at radius 2 is 1.64 bits per heavy atom. The molecule has 0 saturated carbocycles. The lowest BCUT2D eigenvalue weighted by atomic mass is 9.69. The summed E-state index contributed by atoms with van der Waals surface area (Å²) < 4.78 is 17.2. The first-order valence-corrected chi connectivity index (χ1v) is 13.9. The number of esters is 1. The number of methoxy groups -OCH3 is 1. The molecule has 0 radical (unpaired) electrons. The first kappa shape index (κ1) is 27.4. The smallest absolute Gasteiger partial charge is 0.335 e. The molecule has 1 aliphatic rings. The number of hydrogen-bond acceptors (Lipinski definition) is 8. The van der Waals surface area contributed by atoms with Crippen molar-refractivity contribution in [2.75, 3.05) is 37.5 Å². The summed E-state index contributed by atoms with van der Waals surface area (Å²) in [7, 11) is 3.26. The van der Waals surface area contributed by atoms with Crippen LogP contribution < -0.4 is 15.0 Å². The molecule has 4 aromatic carbocycles. The molecule has 2 heterocycles. The Kier molecular flexibility index (Phi) is 7.08. The molecule has 2 unspecified atom stereocenters. The third-order valence-electron chi connectivity index (χ3n) is 8.05. The molecule has 8 nitrogen and oxygen atoms in total. The molecule has 6 rings (SSSR count). The number of hydrogen-bond donors (Lipinski definition) is 2. The minimum atomic E-state index is -1.67. The summed E-state index contributed by atoms with van der Waals surface area (Å²) in [6, 6.07) is 30.8. The molecule has 0 amide bonds. The van der Waals surface area contributed by atoms with Gasteiger partial charge in [-0.1, -0.05) is 66.7 Å². The van der Waals surface area contributed by atoms with Gasteiger partial charge in [0.25, 0.3) is 6.01 Å². The minimum absolute atomic E-state index is 0.180. The predicted octanol–water partition coefficient (Wildman–Crippen LogP) is 5.47. The van der Waals surface area contributed by atoms with E-state index in [0.29, 0.717) is 41.7 Å². The monoisotopic (exact) mass is 563 g/mol. The summed E-state index contributed by atoms with van der Waals surface area (Å²) in [6.07, 6.45) is 0.180. The normalized spacial score (nSPS) is 19.2. The van der Waals surface area contributed by atoms with Crippen molar-refractivity contribution in [2.24, 2.45) is 0 Å². The molecule has 2 N–H and O–H groups in total. The Hall–Kier alpha value is -4.82. The molecule has 0 fully saturated rings. The van der Waals surface area contributed by atoms with Gasteiger partial charge in [0.1, 0.15) is 17.9 Å². The van der Waals surface area contributed by atoms with Crippen molar-refractivity contribution in [3.8, 4) is 5.75 Å². The highest BCUT2D eigenvalue weighted by Crippen LogP contribution is 2.52. The fourth-order valence-corrected chi connectivity index (χ4v) is 5.86. The zero-order valence-corrected chi connectivity index (χ0v) is 23.8. The largest absolute Gasteiger partial charge is 0.492 e. The minimum Gasteiger partial charge on any atom is -0.492 e. The number of anilines is 2. The first-order chi connectivity index (χ1) is 20.4. The molecule has 0 saturated heterocycles. The molecule has 0 spiro atoms. The number of nitrogens with zero attached hydrogens (tertiary/aromatic N) is 2. The zero-order chi connectivity index (χ0) is 29.3. The standard InChI is InChI=1S/C34H33N3O5/c1-23-10-4-5-11-26(23)34(39)27-12-6-7-13-28(27)36-33(34,31(38)40-3)22-24-16-18-25(19-17-24)41-21-20-37(2)32-35-29-14-8-9-15-30(29)42-32/h4-19,36,39H,20-22H2,1-3H3. The topological polar surface area (TPSA) is 97.1 Å². The number of fused-ring (bicyclic) bond motifs is 2. The summed E-state index contributed by atoms with van der Waals surface area (Å²) in [5.74, 6) is 0.140. The summed E-state index contributed by atoms with van der Waals surface area (Å²) in [5, 5.41) is 16.0. The Morgan fingerprint density at radius 1 is 0.952 bits per heavy atom. The number of aryl methyl sites for hydroxylation is 1. The second-order valence-corrected chi connectivity index (χ2v) is 10.6. The quantitative estimate of drug-likeness (QED) is 0.228. The molecule has 1 aliphatic heterocycles. The number of aromatic nitrogens is 1. The van der Waals surface area contributed by atoms with Crippen molar-refractivity contribution in [2.45, 2.75) is 24.5 Å². The van der Waals surface area contributed by atoms with Crippen molar-refractivity contribution in [1.29, 1.82) is 0 Å². The zero-order valence-electron chi connectivity index (χ0n) is 23.8. The highest BCUT2D eigenvalue weighted by Gasteiger charge is 2.64. The Balaban J connectivity index is 1.22. The van der Waals surface area contributed by atoms with Crippen molar-refractivity contribution < 1.29 is 23.8 Å². The van der Waals surface area contributed by atoms with Crippen LogP contribution in [0, 0.1) is 6.92 Å². The van der Waals surface area contributed by atoms with E-state index in [4.69, 9.17) is 13.9 Å². The van der Waals surface area contributed by atoms with Gasteiger partial charge in [-0.05, 0) is 53.9 Å². The lowest BCUT2D eigenvalue weighted by molar-refractivity contribution is -0.154. The van der Waals surface area contributed by atoms with Gasteiger partial charge < -0.3 is 29.2 Å². The molecule has 42 heavy (non-hydrogen) atoms. The highest BCUT2D eigenvalue weighted by atomic mass is 16.5. The van der Waals surface area contributed by atoms with Crippen molar-refractivity contribution in [3.63, 3.8) is 0 Å². The summed E-state index contributed by atoms with van der Waals surface area (Å²) in [5.41, 5.74) is 2.07. The van der Waals surface area contributed by atoms with E-state index in [2.05, 4.69) is 10.3 Å². The third-order valence-corrected chi connectivity index (χ3v) is 8.05. The van der Waals surface area contributed by atoms with Gasteiger partial charge in [-0.2, -0.15) is 4.98 Å². The number of likely N-dealkylation sites (N-methyl/N-ethyl adjacent to an activating group) is 1. The predicted molar refractivity (Wildman–Crippen MR) is 162 cm³/mol. The fraction of sp³-hybridized carbons (Fsp3) is 0.235. The van der Waals surface area contributed by atoms with Crippen LogP contribution in [0.1, 0.15) is 22.3 Å². The maximum atomic E-state index is 13.7. The van der Waals surface area contributed by atoms with Gasteiger partial charge in [0.15, 0.2) is 16.7 Å². The van der Waals surface area contributed by atoms with Crippen LogP contribution in [0.25, 0.3) is 11.1 Å². The van der Waals surface area contributed by atoms with Crippen LogP contribution in [0.4, 0.5) is 11.7 Å². The third kappa shape index (κ3) is 4.54. The number of aliphatic hydroxyl groups is 1. The molecule has 2 atom stereocenters. The molecular weight excluding hydrogens is 530 g/mol. The summed E-state index contributed by atoms with van der Waals surface area (Å²) in [4.78, 5) is 20.1. The number of rotatable bonds is 9. The van der Waals surface area contributed by atoms with E-state index in [0.717, 1.165) is 22.2 Å². The van der Waals surface area contributed by atoms with E-state index in [-0.39, 0.29) is 6.42 Å². The number of carbonyl (C=O) groups is 1. The number of benzene rings is 4. The molecule has 5 aromatic rings. The van der Waals surface area contributed by atoms with Crippen LogP contribution in [0.15, 0.2) is 101 Å². The maximum Gasteiger partial charge on any atom is 0.335 e. The molecule has 214 valence electrons. The fourth-order valence-electron chi connectivity index (χ4n) is 5.86. The molecule has 8 heteroatoms. The van der Waals surface area contributed by atoms with Crippen LogP contribution in [-0.2, 0) is 21.6 Å². The SMILES string of the molecule is COC(=O)C1(Cc2ccc(OCCN(C)c3nc4ccccc4o3)cc2)Nc2ccccc2C1(O)c1ccccc1C. The lowest BCUT2D eigenvalue weighted by Crippen LogP contribution is -2.61. The highest BCUT2D eigenvalue weighted by molar-refractivity contribution is 5.92. The number of ether oxygens (including phenoxy) is 2. The van der Waals surface area contributed by atoms with Crippen molar-refractivity contribution in [3.05, 3.63) is 119 Å².